The number of para-hydroxylation sites is 1. The number of benzene rings is 3. The van der Waals surface area contributed by atoms with Crippen molar-refractivity contribution in [1.82, 2.24) is 14.0 Å². The molecule has 9 nitrogen and oxygen atoms in total. The largest absolute Gasteiger partial charge is 0.297 e. The number of nitro benzene ring substituents is 1. The molecule has 1 saturated carbocycles. The summed E-state index contributed by atoms with van der Waals surface area (Å²) in [6.07, 6.45) is 3.65. The van der Waals surface area contributed by atoms with Gasteiger partial charge in [0, 0.05) is 35.8 Å². The zero-order chi connectivity index (χ0) is 29.2. The molecule has 212 valence electrons. The molecule has 1 aliphatic carbocycles. The second-order valence-corrected chi connectivity index (χ2v) is 11.2. The Bertz CT molecular complexity index is 1910. The third-order valence-corrected chi connectivity index (χ3v) is 8.66. The topological polar surface area (TPSA) is 99.7 Å². The highest BCUT2D eigenvalue weighted by Gasteiger charge is 2.21. The molecule has 0 aliphatic heterocycles. The summed E-state index contributed by atoms with van der Waals surface area (Å²) < 4.78 is 5.15. The molecule has 1 aliphatic rings. The molecule has 5 aromatic rings. The summed E-state index contributed by atoms with van der Waals surface area (Å²) in [6.45, 7) is 1.87. The van der Waals surface area contributed by atoms with Gasteiger partial charge in [0.15, 0.2) is 5.69 Å². The van der Waals surface area contributed by atoms with Crippen molar-refractivity contribution in [3.63, 3.8) is 0 Å². The molecule has 2 aromatic heterocycles. The van der Waals surface area contributed by atoms with Crippen LogP contribution in [0, 0.1) is 17.0 Å². The Labute approximate surface area is 246 Å². The third-order valence-electron chi connectivity index (χ3n) is 7.84. The summed E-state index contributed by atoms with van der Waals surface area (Å²) in [6, 6.07) is 26.5. The molecule has 3 aromatic carbocycles. The van der Waals surface area contributed by atoms with E-state index >= 15 is 0 Å². The first-order chi connectivity index (χ1) is 20.4. The summed E-state index contributed by atoms with van der Waals surface area (Å²) >= 11 is 1.36. The quantitative estimate of drug-likeness (QED) is 0.165. The lowest BCUT2D eigenvalue weighted by Gasteiger charge is -2.23. The van der Waals surface area contributed by atoms with Gasteiger partial charge in [-0.3, -0.25) is 19.6 Å². The van der Waals surface area contributed by atoms with Gasteiger partial charge in [-0.2, -0.15) is 5.10 Å². The second-order valence-electron chi connectivity index (χ2n) is 10.4. The number of hydrogen-bond acceptors (Lipinski definition) is 6. The van der Waals surface area contributed by atoms with Crippen molar-refractivity contribution < 1.29 is 4.92 Å². The van der Waals surface area contributed by atoms with E-state index < -0.39 is 4.92 Å². The first-order valence-corrected chi connectivity index (χ1v) is 14.7. The molecule has 0 saturated heterocycles. The SMILES string of the molecule is Cc1c(N=c2scc(-c3cccc([N+](=O)[O-])c3)n2N=C2CCC(c3ccccc3)CC2)c(=O)n(-c2ccccc2)n1C. The standard InChI is InChI=1S/C32H30N6O3S/c1-22-30(31(39)37(35(22)2)27-13-7-4-8-14-27)33-32-36(29(21-42-32)25-12-9-15-28(20-25)38(40)41)34-26-18-16-24(17-19-26)23-10-5-3-6-11-23/h3-15,20-21,24H,16-19H2,1-2H3. The van der Waals surface area contributed by atoms with Gasteiger partial charge in [-0.15, -0.1) is 11.3 Å². The van der Waals surface area contributed by atoms with E-state index in [0.717, 1.165) is 42.8 Å². The Morgan fingerprint density at radius 3 is 2.33 bits per heavy atom. The number of aromatic nitrogens is 3. The maximum absolute atomic E-state index is 13.6. The Morgan fingerprint density at radius 2 is 1.64 bits per heavy atom. The van der Waals surface area contributed by atoms with E-state index in [2.05, 4.69) is 24.3 Å². The van der Waals surface area contributed by atoms with Crippen LogP contribution in [0.1, 0.15) is 42.9 Å². The van der Waals surface area contributed by atoms with Crippen LogP contribution in [0.3, 0.4) is 0 Å². The maximum atomic E-state index is 13.6. The van der Waals surface area contributed by atoms with Crippen molar-refractivity contribution in [3.8, 4) is 16.9 Å². The smallest absolute Gasteiger partial charge is 0.283 e. The molecule has 0 N–H and O–H groups in total. The Morgan fingerprint density at radius 1 is 0.952 bits per heavy atom. The molecule has 2 heterocycles. The number of non-ortho nitro benzene ring substituents is 1. The van der Waals surface area contributed by atoms with Crippen molar-refractivity contribution in [3.05, 3.63) is 127 Å². The molecule has 0 spiro atoms. The number of nitro groups is 1. The molecule has 1 fully saturated rings. The fourth-order valence-corrected chi connectivity index (χ4v) is 6.32. The van der Waals surface area contributed by atoms with Gasteiger partial charge in [0.1, 0.15) is 0 Å². The van der Waals surface area contributed by atoms with E-state index in [1.54, 1.807) is 26.2 Å². The van der Waals surface area contributed by atoms with Gasteiger partial charge < -0.3 is 0 Å². The Hall–Kier alpha value is -4.83. The normalized spacial score (nSPS) is 15.6. The number of hydrogen-bond donors (Lipinski definition) is 0. The van der Waals surface area contributed by atoms with Crippen molar-refractivity contribution in [2.24, 2.45) is 17.1 Å². The Kier molecular flexibility index (Phi) is 7.54. The minimum atomic E-state index is -0.401. The highest BCUT2D eigenvalue weighted by molar-refractivity contribution is 7.07. The van der Waals surface area contributed by atoms with Crippen LogP contribution in [-0.4, -0.2) is 24.7 Å². The van der Waals surface area contributed by atoms with Crippen molar-refractivity contribution in [2.45, 2.75) is 38.5 Å². The fourth-order valence-electron chi connectivity index (χ4n) is 5.48. The van der Waals surface area contributed by atoms with Crippen molar-refractivity contribution in [1.29, 1.82) is 0 Å². The molecule has 0 amide bonds. The van der Waals surface area contributed by atoms with E-state index in [4.69, 9.17) is 10.1 Å². The van der Waals surface area contributed by atoms with E-state index in [1.165, 1.54) is 23.0 Å². The first kappa shape index (κ1) is 27.3. The lowest BCUT2D eigenvalue weighted by atomic mass is 9.83. The molecule has 10 heteroatoms. The van der Waals surface area contributed by atoms with E-state index in [-0.39, 0.29) is 11.2 Å². The summed E-state index contributed by atoms with van der Waals surface area (Å²) in [5, 5.41) is 18.5. The molecular weight excluding hydrogens is 548 g/mol. The van der Waals surface area contributed by atoms with Gasteiger partial charge in [-0.25, -0.2) is 14.4 Å². The number of rotatable bonds is 6. The summed E-state index contributed by atoms with van der Waals surface area (Å²) in [7, 11) is 1.84. The molecule has 6 rings (SSSR count). The van der Waals surface area contributed by atoms with Crippen LogP contribution in [0.5, 0.6) is 0 Å². The van der Waals surface area contributed by atoms with Crippen molar-refractivity contribution in [2.75, 3.05) is 0 Å². The van der Waals surface area contributed by atoms with E-state index in [1.807, 2.05) is 61.8 Å². The van der Waals surface area contributed by atoms with Crippen LogP contribution in [0.15, 0.2) is 105 Å². The van der Waals surface area contributed by atoms with Gasteiger partial charge in [0.05, 0.1) is 22.0 Å². The Balaban J connectivity index is 1.45. The monoisotopic (exact) mass is 578 g/mol. The minimum absolute atomic E-state index is 0.00409. The van der Waals surface area contributed by atoms with E-state index in [0.29, 0.717) is 27.7 Å². The lowest BCUT2D eigenvalue weighted by molar-refractivity contribution is -0.384. The zero-order valence-electron chi connectivity index (χ0n) is 23.4. The molecule has 0 atom stereocenters. The van der Waals surface area contributed by atoms with Crippen LogP contribution in [0.4, 0.5) is 11.4 Å². The number of thiazole rings is 1. The van der Waals surface area contributed by atoms with Gasteiger partial charge >= 0.3 is 0 Å². The predicted octanol–water partition coefficient (Wildman–Crippen LogP) is 6.72. The highest BCUT2D eigenvalue weighted by Crippen LogP contribution is 2.32. The van der Waals surface area contributed by atoms with Crippen LogP contribution in [0.25, 0.3) is 16.9 Å². The summed E-state index contributed by atoms with van der Waals surface area (Å²) in [5.74, 6) is 0.487. The van der Waals surface area contributed by atoms with Gasteiger partial charge in [-0.1, -0.05) is 60.7 Å². The average molecular weight is 579 g/mol. The predicted molar refractivity (Wildman–Crippen MR) is 166 cm³/mol. The molecular formula is C32H30N6O3S. The second kappa shape index (κ2) is 11.6. The van der Waals surface area contributed by atoms with Crippen molar-refractivity contribution >= 4 is 28.4 Å². The van der Waals surface area contributed by atoms with Crippen LogP contribution < -0.4 is 10.4 Å². The van der Waals surface area contributed by atoms with E-state index in [9.17, 15) is 14.9 Å². The molecule has 42 heavy (non-hydrogen) atoms. The van der Waals surface area contributed by atoms with Crippen LogP contribution in [0.2, 0.25) is 0 Å². The minimum Gasteiger partial charge on any atom is -0.283 e. The van der Waals surface area contributed by atoms with Gasteiger partial charge in [0.2, 0.25) is 4.80 Å². The lowest BCUT2D eigenvalue weighted by Crippen LogP contribution is -2.20. The van der Waals surface area contributed by atoms with Crippen LogP contribution in [-0.2, 0) is 7.05 Å². The molecule has 0 unspecified atom stereocenters. The summed E-state index contributed by atoms with van der Waals surface area (Å²) in [5.41, 5.74) is 5.32. The fraction of sp³-hybridized carbons (Fsp3) is 0.219. The molecule has 0 radical (unpaired) electrons. The number of nitrogens with zero attached hydrogens (tertiary/aromatic N) is 6. The highest BCUT2D eigenvalue weighted by atomic mass is 32.1. The van der Waals surface area contributed by atoms with Crippen LogP contribution >= 0.6 is 11.3 Å². The third kappa shape index (κ3) is 5.28. The molecule has 0 bridgehead atoms. The maximum Gasteiger partial charge on any atom is 0.297 e. The zero-order valence-corrected chi connectivity index (χ0v) is 24.2. The average Bonchev–Trinajstić information content (AvgIpc) is 3.51. The first-order valence-electron chi connectivity index (χ1n) is 13.9. The summed E-state index contributed by atoms with van der Waals surface area (Å²) in [4.78, 5) is 30.1. The van der Waals surface area contributed by atoms with Gasteiger partial charge in [0.25, 0.3) is 11.2 Å². The van der Waals surface area contributed by atoms with Gasteiger partial charge in [-0.05, 0) is 56.2 Å².